The van der Waals surface area contributed by atoms with Crippen LogP contribution in [-0.4, -0.2) is 12.2 Å². The molecule has 1 N–H and O–H groups in total. The molecule has 2 nitrogen and oxygen atoms in total. The second-order valence-corrected chi connectivity index (χ2v) is 3.83. The van der Waals surface area contributed by atoms with Crippen LogP contribution in [0.5, 0.6) is 5.75 Å². The lowest BCUT2D eigenvalue weighted by Gasteiger charge is -2.13. The third-order valence-corrected chi connectivity index (χ3v) is 2.88. The Morgan fingerprint density at radius 2 is 1.81 bits per heavy atom. The molecular weight excluding hydrogens is 200 g/mol. The van der Waals surface area contributed by atoms with Crippen molar-refractivity contribution < 1.29 is 9.84 Å². The molecule has 0 radical (unpaired) electrons. The summed E-state index contributed by atoms with van der Waals surface area (Å²) >= 11 is 0. The van der Waals surface area contributed by atoms with E-state index in [1.807, 2.05) is 43.3 Å². The maximum atomic E-state index is 9.95. The van der Waals surface area contributed by atoms with Crippen LogP contribution in [0.2, 0.25) is 0 Å². The van der Waals surface area contributed by atoms with E-state index in [9.17, 15) is 5.11 Å². The van der Waals surface area contributed by atoms with Gasteiger partial charge in [-0.2, -0.15) is 0 Å². The van der Waals surface area contributed by atoms with Gasteiger partial charge in [-0.1, -0.05) is 37.3 Å². The molecule has 0 aliphatic rings. The van der Waals surface area contributed by atoms with Crippen molar-refractivity contribution in [3.05, 3.63) is 42.0 Å². The van der Waals surface area contributed by atoms with Gasteiger partial charge < -0.3 is 9.84 Å². The number of hydrogen-bond acceptors (Lipinski definition) is 2. The fraction of sp³-hybridized carbons (Fsp3) is 0.286. The predicted octanol–water partition coefficient (Wildman–Crippen LogP) is 3.29. The fourth-order valence-electron chi connectivity index (χ4n) is 1.98. The summed E-state index contributed by atoms with van der Waals surface area (Å²) in [6, 6.07) is 11.8. The monoisotopic (exact) mass is 216 g/mol. The molecule has 2 heteroatoms. The number of fused-ring (bicyclic) bond motifs is 1. The Labute approximate surface area is 95.5 Å². The lowest BCUT2D eigenvalue weighted by Crippen LogP contribution is -1.97. The van der Waals surface area contributed by atoms with Crippen LogP contribution in [0.25, 0.3) is 10.8 Å². The van der Waals surface area contributed by atoms with Crippen LogP contribution in [0.3, 0.4) is 0 Å². The highest BCUT2D eigenvalue weighted by molar-refractivity contribution is 5.91. The van der Waals surface area contributed by atoms with Gasteiger partial charge in [0.05, 0.1) is 13.2 Å². The van der Waals surface area contributed by atoms with Crippen LogP contribution in [0, 0.1) is 0 Å². The number of methoxy groups -OCH3 is 1. The first-order valence-electron chi connectivity index (χ1n) is 5.51. The van der Waals surface area contributed by atoms with Gasteiger partial charge in [0.2, 0.25) is 0 Å². The predicted molar refractivity (Wildman–Crippen MR) is 65.8 cm³/mol. The van der Waals surface area contributed by atoms with Crippen LogP contribution < -0.4 is 4.74 Å². The maximum Gasteiger partial charge on any atom is 0.126 e. The summed E-state index contributed by atoms with van der Waals surface area (Å²) in [4.78, 5) is 0. The molecule has 0 spiro atoms. The third kappa shape index (κ3) is 1.76. The number of aliphatic hydroxyl groups is 1. The molecule has 0 fully saturated rings. The zero-order valence-corrected chi connectivity index (χ0v) is 9.60. The highest BCUT2D eigenvalue weighted by Gasteiger charge is 2.11. The van der Waals surface area contributed by atoms with E-state index < -0.39 is 6.10 Å². The summed E-state index contributed by atoms with van der Waals surface area (Å²) in [5.74, 6) is 0.850. The van der Waals surface area contributed by atoms with Gasteiger partial charge in [0.15, 0.2) is 0 Å². The van der Waals surface area contributed by atoms with Gasteiger partial charge in [-0.15, -0.1) is 0 Å². The van der Waals surface area contributed by atoms with E-state index in [1.54, 1.807) is 7.11 Å². The number of rotatable bonds is 3. The van der Waals surface area contributed by atoms with E-state index in [-0.39, 0.29) is 0 Å². The Hall–Kier alpha value is -1.54. The van der Waals surface area contributed by atoms with Gasteiger partial charge in [0.25, 0.3) is 0 Å². The minimum absolute atomic E-state index is 0.407. The smallest absolute Gasteiger partial charge is 0.126 e. The summed E-state index contributed by atoms with van der Waals surface area (Å²) in [5, 5.41) is 12.1. The first kappa shape index (κ1) is 11.0. The standard InChI is InChI=1S/C14H16O2/c1-3-13(15)11-8-9-14(16-2)12-7-5-4-6-10(11)12/h4-9,13,15H,3H2,1-2H3/t13-/m1/s1. The molecule has 0 aliphatic heterocycles. The molecule has 0 amide bonds. The quantitative estimate of drug-likeness (QED) is 0.853. The van der Waals surface area contributed by atoms with Crippen molar-refractivity contribution in [1.29, 1.82) is 0 Å². The van der Waals surface area contributed by atoms with E-state index in [1.165, 1.54) is 0 Å². The molecule has 2 aromatic carbocycles. The lowest BCUT2D eigenvalue weighted by atomic mass is 9.98. The van der Waals surface area contributed by atoms with Crippen molar-refractivity contribution in [2.75, 3.05) is 7.11 Å². The van der Waals surface area contributed by atoms with Crippen molar-refractivity contribution in [2.24, 2.45) is 0 Å². The molecule has 0 saturated heterocycles. The molecule has 0 heterocycles. The summed E-state index contributed by atoms with van der Waals surface area (Å²) in [7, 11) is 1.66. The van der Waals surface area contributed by atoms with E-state index in [4.69, 9.17) is 4.74 Å². The molecular formula is C14H16O2. The SMILES string of the molecule is CC[C@@H](O)c1ccc(OC)c2ccccc12. The number of aliphatic hydroxyl groups excluding tert-OH is 1. The molecule has 0 aromatic heterocycles. The Balaban J connectivity index is 2.69. The largest absolute Gasteiger partial charge is 0.496 e. The number of benzene rings is 2. The average molecular weight is 216 g/mol. The number of hydrogen-bond donors (Lipinski definition) is 1. The first-order valence-corrected chi connectivity index (χ1v) is 5.51. The summed E-state index contributed by atoms with van der Waals surface area (Å²) in [6.07, 6.45) is 0.312. The second-order valence-electron chi connectivity index (χ2n) is 3.83. The van der Waals surface area contributed by atoms with Gasteiger partial charge in [-0.25, -0.2) is 0 Å². The van der Waals surface area contributed by atoms with Crippen LogP contribution >= 0.6 is 0 Å². The van der Waals surface area contributed by atoms with Crippen molar-refractivity contribution in [2.45, 2.75) is 19.4 Å². The molecule has 0 saturated carbocycles. The summed E-state index contributed by atoms with van der Waals surface area (Å²) in [6.45, 7) is 1.98. The molecule has 0 aliphatic carbocycles. The second kappa shape index (κ2) is 4.54. The minimum Gasteiger partial charge on any atom is -0.496 e. The van der Waals surface area contributed by atoms with Crippen LogP contribution in [0.4, 0.5) is 0 Å². The van der Waals surface area contributed by atoms with Crippen molar-refractivity contribution in [1.82, 2.24) is 0 Å². The molecule has 0 bridgehead atoms. The van der Waals surface area contributed by atoms with Crippen molar-refractivity contribution in [3.63, 3.8) is 0 Å². The molecule has 2 aromatic rings. The number of ether oxygens (including phenoxy) is 1. The van der Waals surface area contributed by atoms with Crippen molar-refractivity contribution in [3.8, 4) is 5.75 Å². The zero-order valence-electron chi connectivity index (χ0n) is 9.60. The molecule has 1 atom stereocenters. The Morgan fingerprint density at radius 1 is 1.12 bits per heavy atom. The molecule has 0 unspecified atom stereocenters. The van der Waals surface area contributed by atoms with E-state index in [2.05, 4.69) is 0 Å². The van der Waals surface area contributed by atoms with Crippen LogP contribution in [0.15, 0.2) is 36.4 Å². The Morgan fingerprint density at radius 3 is 2.44 bits per heavy atom. The minimum atomic E-state index is -0.407. The van der Waals surface area contributed by atoms with E-state index >= 15 is 0 Å². The van der Waals surface area contributed by atoms with Crippen molar-refractivity contribution >= 4 is 10.8 Å². The normalized spacial score (nSPS) is 12.7. The van der Waals surface area contributed by atoms with Gasteiger partial charge in [-0.05, 0) is 23.4 Å². The van der Waals surface area contributed by atoms with Gasteiger partial charge >= 0.3 is 0 Å². The third-order valence-electron chi connectivity index (χ3n) is 2.88. The maximum absolute atomic E-state index is 9.95. The van der Waals surface area contributed by atoms with Crippen LogP contribution in [0.1, 0.15) is 25.0 Å². The van der Waals surface area contributed by atoms with Crippen LogP contribution in [-0.2, 0) is 0 Å². The highest BCUT2D eigenvalue weighted by atomic mass is 16.5. The molecule has 16 heavy (non-hydrogen) atoms. The highest BCUT2D eigenvalue weighted by Crippen LogP contribution is 2.32. The van der Waals surface area contributed by atoms with E-state index in [0.717, 1.165) is 28.5 Å². The van der Waals surface area contributed by atoms with E-state index in [0.29, 0.717) is 0 Å². The first-order chi connectivity index (χ1) is 7.77. The summed E-state index contributed by atoms with van der Waals surface area (Å²) < 4.78 is 5.31. The van der Waals surface area contributed by atoms with Gasteiger partial charge in [-0.3, -0.25) is 0 Å². The lowest BCUT2D eigenvalue weighted by molar-refractivity contribution is 0.175. The molecule has 2 rings (SSSR count). The Kier molecular flexibility index (Phi) is 3.11. The van der Waals surface area contributed by atoms with Gasteiger partial charge in [0.1, 0.15) is 5.75 Å². The Bertz CT molecular complexity index is 491. The summed E-state index contributed by atoms with van der Waals surface area (Å²) in [5.41, 5.74) is 0.971. The topological polar surface area (TPSA) is 29.5 Å². The zero-order chi connectivity index (χ0) is 11.5. The van der Waals surface area contributed by atoms with Gasteiger partial charge in [0, 0.05) is 5.39 Å². The molecule has 84 valence electrons. The fourth-order valence-corrected chi connectivity index (χ4v) is 1.98. The average Bonchev–Trinajstić information content (AvgIpc) is 2.36.